The fraction of sp³-hybridized carbons (Fsp3) is 0.182. The quantitative estimate of drug-likeness (QED) is 0.527. The van der Waals surface area contributed by atoms with E-state index in [9.17, 15) is 13.6 Å². The van der Waals surface area contributed by atoms with E-state index in [4.69, 9.17) is 14.2 Å². The van der Waals surface area contributed by atoms with E-state index in [0.717, 1.165) is 0 Å². The highest BCUT2D eigenvalue weighted by molar-refractivity contribution is 5.92. The Kier molecular flexibility index (Phi) is 6.79. The summed E-state index contributed by atoms with van der Waals surface area (Å²) in [7, 11) is 1.51. The summed E-state index contributed by atoms with van der Waals surface area (Å²) in [6.07, 6.45) is 1.52. The summed E-state index contributed by atoms with van der Waals surface area (Å²) >= 11 is 0. The Morgan fingerprint density at radius 1 is 1.10 bits per heavy atom. The molecule has 0 bridgehead atoms. The lowest BCUT2D eigenvalue weighted by Gasteiger charge is -2.24. The SMILES string of the molecule is COc1ccc(OC[18F])c(CN(C(C)=O)c2cccnc2Oc2ccc(F)cc2)c1. The van der Waals surface area contributed by atoms with Gasteiger partial charge in [0.15, 0.2) is 0 Å². The molecule has 30 heavy (non-hydrogen) atoms. The van der Waals surface area contributed by atoms with Gasteiger partial charge in [-0.25, -0.2) is 13.8 Å². The second kappa shape index (κ2) is 9.69. The lowest BCUT2D eigenvalue weighted by molar-refractivity contribution is -0.116. The third kappa shape index (κ3) is 5.02. The van der Waals surface area contributed by atoms with Crippen LogP contribution in [-0.4, -0.2) is 24.9 Å². The number of carbonyl (C=O) groups is 1. The van der Waals surface area contributed by atoms with Gasteiger partial charge < -0.3 is 19.1 Å². The number of alkyl halides is 1. The molecule has 2 aromatic carbocycles. The lowest BCUT2D eigenvalue weighted by atomic mass is 10.1. The Morgan fingerprint density at radius 2 is 1.83 bits per heavy atom. The van der Waals surface area contributed by atoms with E-state index in [1.165, 1.54) is 49.4 Å². The van der Waals surface area contributed by atoms with Crippen LogP contribution in [0.2, 0.25) is 0 Å². The number of hydrogen-bond donors (Lipinski definition) is 0. The summed E-state index contributed by atoms with van der Waals surface area (Å²) in [6, 6.07) is 13.6. The summed E-state index contributed by atoms with van der Waals surface area (Å²) in [6.45, 7) is 0.448. The van der Waals surface area contributed by atoms with Gasteiger partial charge in [0.2, 0.25) is 18.6 Å². The predicted molar refractivity (Wildman–Crippen MR) is 107 cm³/mol. The van der Waals surface area contributed by atoms with Gasteiger partial charge in [0.25, 0.3) is 0 Å². The highest BCUT2D eigenvalue weighted by Crippen LogP contribution is 2.33. The number of rotatable bonds is 8. The van der Waals surface area contributed by atoms with Crippen molar-refractivity contribution in [2.45, 2.75) is 13.5 Å². The zero-order valence-electron chi connectivity index (χ0n) is 16.5. The van der Waals surface area contributed by atoms with Crippen LogP contribution in [-0.2, 0) is 11.3 Å². The van der Waals surface area contributed by atoms with Gasteiger partial charge in [-0.15, -0.1) is 0 Å². The van der Waals surface area contributed by atoms with Crippen molar-refractivity contribution in [3.63, 3.8) is 0 Å². The minimum Gasteiger partial charge on any atom is -0.497 e. The molecule has 156 valence electrons. The largest absolute Gasteiger partial charge is 0.497 e. The molecule has 0 aliphatic carbocycles. The zero-order valence-corrected chi connectivity index (χ0v) is 16.5. The fourth-order valence-electron chi connectivity index (χ4n) is 2.82. The molecule has 0 saturated heterocycles. The summed E-state index contributed by atoms with van der Waals surface area (Å²) in [4.78, 5) is 18.1. The van der Waals surface area contributed by atoms with Crippen molar-refractivity contribution in [3.8, 4) is 23.1 Å². The van der Waals surface area contributed by atoms with Crippen LogP contribution in [0.5, 0.6) is 23.1 Å². The number of hydrogen-bond acceptors (Lipinski definition) is 5. The van der Waals surface area contributed by atoms with E-state index in [-0.39, 0.29) is 24.1 Å². The molecule has 0 atom stereocenters. The van der Waals surface area contributed by atoms with Crippen molar-refractivity contribution in [1.82, 2.24) is 4.98 Å². The molecule has 0 fully saturated rings. The Morgan fingerprint density at radius 3 is 2.50 bits per heavy atom. The molecule has 3 aromatic rings. The van der Waals surface area contributed by atoms with Crippen LogP contribution in [0.3, 0.4) is 0 Å². The first-order valence-electron chi connectivity index (χ1n) is 9.04. The predicted octanol–water partition coefficient (Wildman–Crippen LogP) is 4.88. The van der Waals surface area contributed by atoms with E-state index >= 15 is 0 Å². The van der Waals surface area contributed by atoms with Crippen molar-refractivity contribution >= 4 is 11.6 Å². The minimum atomic E-state index is -1.01. The summed E-state index contributed by atoms with van der Waals surface area (Å²) in [5.41, 5.74) is 0.933. The molecule has 0 N–H and O–H groups in total. The highest BCUT2D eigenvalue weighted by Gasteiger charge is 2.20. The number of nitrogens with zero attached hydrogens (tertiary/aromatic N) is 2. The maximum atomic E-state index is 13.2. The average molecular weight is 413 g/mol. The van der Waals surface area contributed by atoms with Crippen molar-refractivity contribution in [3.05, 3.63) is 72.2 Å². The van der Waals surface area contributed by atoms with Gasteiger partial charge in [0.1, 0.15) is 28.8 Å². The molecule has 0 saturated carbocycles. The maximum Gasteiger partial charge on any atom is 0.243 e. The van der Waals surface area contributed by atoms with Gasteiger partial charge >= 0.3 is 0 Å². The van der Waals surface area contributed by atoms with Crippen LogP contribution in [0, 0.1) is 5.82 Å². The molecular weight excluding hydrogens is 393 g/mol. The maximum absolute atomic E-state index is 13.2. The Bertz CT molecular complexity index is 1010. The number of carbonyl (C=O) groups excluding carboxylic acids is 1. The van der Waals surface area contributed by atoms with Gasteiger partial charge in [0, 0.05) is 18.7 Å². The molecule has 8 heteroatoms. The second-order valence-electron chi connectivity index (χ2n) is 6.22. The minimum absolute atomic E-state index is 0.0628. The van der Waals surface area contributed by atoms with Crippen LogP contribution in [0.1, 0.15) is 12.5 Å². The number of methoxy groups -OCH3 is 1. The second-order valence-corrected chi connectivity index (χ2v) is 6.22. The van der Waals surface area contributed by atoms with Crippen molar-refractivity contribution in [1.29, 1.82) is 0 Å². The molecule has 1 heterocycles. The first kappa shape index (κ1) is 21.0. The first-order valence-corrected chi connectivity index (χ1v) is 9.04. The average Bonchev–Trinajstić information content (AvgIpc) is 2.75. The number of amides is 1. The van der Waals surface area contributed by atoms with E-state index < -0.39 is 12.7 Å². The van der Waals surface area contributed by atoms with Gasteiger partial charge in [-0.1, -0.05) is 0 Å². The summed E-state index contributed by atoms with van der Waals surface area (Å²) in [5, 5.41) is 0. The van der Waals surface area contributed by atoms with Crippen molar-refractivity contribution in [2.75, 3.05) is 18.9 Å². The number of benzene rings is 2. The number of pyridine rings is 1. The fourth-order valence-corrected chi connectivity index (χ4v) is 2.82. The highest BCUT2D eigenvalue weighted by atomic mass is 19.1. The number of anilines is 1. The normalized spacial score (nSPS) is 10.4. The lowest BCUT2D eigenvalue weighted by Crippen LogP contribution is -2.28. The van der Waals surface area contributed by atoms with E-state index in [2.05, 4.69) is 4.98 Å². The number of aromatic nitrogens is 1. The van der Waals surface area contributed by atoms with Crippen LogP contribution >= 0.6 is 0 Å². The third-order valence-corrected chi connectivity index (χ3v) is 4.26. The Balaban J connectivity index is 1.96. The molecule has 0 unspecified atom stereocenters. The smallest absolute Gasteiger partial charge is 0.243 e. The molecule has 1 amide bonds. The topological polar surface area (TPSA) is 60.9 Å². The standard InChI is InChI=1S/C22H20F2N2O4/c1-15(27)26(13-16-12-19(28-2)9-10-21(16)29-14-23)20-4-3-11-25-22(20)30-18-7-5-17(24)6-8-18/h3-12H,13-14H2,1-2H3/i23-1. The molecule has 0 radical (unpaired) electrons. The Hall–Kier alpha value is -3.68. The summed E-state index contributed by atoms with van der Waals surface area (Å²) in [5.74, 6) is 0.661. The molecule has 0 aliphatic heterocycles. The number of halogens is 2. The van der Waals surface area contributed by atoms with Gasteiger partial charge in [-0.2, -0.15) is 0 Å². The molecule has 0 aliphatic rings. The molecule has 3 rings (SSSR count). The van der Waals surface area contributed by atoms with E-state index in [1.807, 2.05) is 0 Å². The molecule has 1 aromatic heterocycles. The van der Waals surface area contributed by atoms with Crippen LogP contribution in [0.4, 0.5) is 14.5 Å². The summed E-state index contributed by atoms with van der Waals surface area (Å²) < 4.78 is 42.0. The van der Waals surface area contributed by atoms with Crippen LogP contribution in [0.15, 0.2) is 60.8 Å². The third-order valence-electron chi connectivity index (χ3n) is 4.26. The van der Waals surface area contributed by atoms with Crippen molar-refractivity contribution in [2.24, 2.45) is 0 Å². The monoisotopic (exact) mass is 413 g/mol. The van der Waals surface area contributed by atoms with Gasteiger partial charge in [-0.3, -0.25) is 4.79 Å². The van der Waals surface area contributed by atoms with E-state index in [1.54, 1.807) is 30.3 Å². The molecule has 0 spiro atoms. The van der Waals surface area contributed by atoms with Crippen molar-refractivity contribution < 1.29 is 27.8 Å². The zero-order chi connectivity index (χ0) is 21.5. The van der Waals surface area contributed by atoms with Crippen LogP contribution in [0.25, 0.3) is 0 Å². The molecular formula is C22H20F2N2O4. The Labute approximate surface area is 172 Å². The first-order chi connectivity index (χ1) is 14.5. The molecule has 6 nitrogen and oxygen atoms in total. The number of ether oxygens (including phenoxy) is 3. The van der Waals surface area contributed by atoms with E-state index in [0.29, 0.717) is 22.7 Å². The van der Waals surface area contributed by atoms with Gasteiger partial charge in [0.05, 0.1) is 13.7 Å². The van der Waals surface area contributed by atoms with Crippen LogP contribution < -0.4 is 19.1 Å². The van der Waals surface area contributed by atoms with Gasteiger partial charge in [-0.05, 0) is 54.6 Å².